The van der Waals surface area contributed by atoms with Crippen LogP contribution in [0.1, 0.15) is 26.7 Å². The molecule has 0 fully saturated rings. The molecule has 0 aliphatic carbocycles. The first kappa shape index (κ1) is 12.4. The van der Waals surface area contributed by atoms with Crippen molar-refractivity contribution in [2.24, 2.45) is 0 Å². The molecular weight excluding hydrogens is 184 g/mol. The summed E-state index contributed by atoms with van der Waals surface area (Å²) in [6.45, 7) is 4.69. The standard InChI is InChI=1S/C9H18O3Si/c1-3-5-7-11-8-13-12-9(10)6-4-2/h4,6H,3,5,7-8,13H2,1-2H3. The molecule has 0 rings (SSSR count). The summed E-state index contributed by atoms with van der Waals surface area (Å²) in [5.41, 5.74) is 0. The summed E-state index contributed by atoms with van der Waals surface area (Å²) in [7, 11) is -0.807. The summed E-state index contributed by atoms with van der Waals surface area (Å²) >= 11 is 0. The van der Waals surface area contributed by atoms with E-state index in [1.54, 1.807) is 13.0 Å². The van der Waals surface area contributed by atoms with E-state index in [1.165, 1.54) is 6.08 Å². The van der Waals surface area contributed by atoms with Crippen molar-refractivity contribution >= 4 is 15.7 Å². The average molecular weight is 202 g/mol. The lowest BCUT2D eigenvalue weighted by atomic mass is 10.4. The van der Waals surface area contributed by atoms with Gasteiger partial charge in [-0.05, 0) is 13.3 Å². The van der Waals surface area contributed by atoms with Gasteiger partial charge in [-0.25, -0.2) is 4.79 Å². The van der Waals surface area contributed by atoms with Gasteiger partial charge in [0.25, 0.3) is 0 Å². The first-order chi connectivity index (χ1) is 6.31. The third-order valence-corrected chi connectivity index (χ3v) is 2.36. The number of hydrogen-bond acceptors (Lipinski definition) is 3. The molecule has 0 aliphatic rings. The van der Waals surface area contributed by atoms with Crippen molar-refractivity contribution in [3.8, 4) is 0 Å². The topological polar surface area (TPSA) is 35.5 Å². The Morgan fingerprint density at radius 3 is 2.92 bits per heavy atom. The predicted molar refractivity (Wildman–Crippen MR) is 55.2 cm³/mol. The molecule has 0 aliphatic heterocycles. The van der Waals surface area contributed by atoms with Gasteiger partial charge in [0, 0.05) is 12.7 Å². The normalized spacial score (nSPS) is 11.5. The Morgan fingerprint density at radius 2 is 2.31 bits per heavy atom. The minimum atomic E-state index is -0.807. The zero-order chi connectivity index (χ0) is 9.94. The number of carbonyl (C=O) groups is 1. The van der Waals surface area contributed by atoms with Crippen molar-refractivity contribution in [1.82, 2.24) is 0 Å². The minimum Gasteiger partial charge on any atom is -0.520 e. The quantitative estimate of drug-likeness (QED) is 0.350. The highest BCUT2D eigenvalue weighted by molar-refractivity contribution is 6.30. The van der Waals surface area contributed by atoms with E-state index in [0.29, 0.717) is 6.23 Å². The molecule has 0 aromatic heterocycles. The van der Waals surface area contributed by atoms with Crippen LogP contribution >= 0.6 is 0 Å². The monoisotopic (exact) mass is 202 g/mol. The van der Waals surface area contributed by atoms with E-state index in [4.69, 9.17) is 9.16 Å². The summed E-state index contributed by atoms with van der Waals surface area (Å²) in [4.78, 5) is 10.8. The van der Waals surface area contributed by atoms with Crippen LogP contribution in [0.3, 0.4) is 0 Å². The van der Waals surface area contributed by atoms with Crippen LogP contribution in [0, 0.1) is 0 Å². The van der Waals surface area contributed by atoms with Gasteiger partial charge in [0.15, 0.2) is 0 Å². The van der Waals surface area contributed by atoms with Gasteiger partial charge in [0.05, 0.1) is 6.23 Å². The molecule has 0 N–H and O–H groups in total. The van der Waals surface area contributed by atoms with Gasteiger partial charge < -0.3 is 9.16 Å². The number of allylic oxidation sites excluding steroid dienone is 1. The molecular formula is C9H18O3Si. The fourth-order valence-electron chi connectivity index (χ4n) is 0.734. The maximum Gasteiger partial charge on any atom is 0.316 e. The molecule has 0 aromatic carbocycles. The van der Waals surface area contributed by atoms with E-state index in [9.17, 15) is 4.79 Å². The summed E-state index contributed by atoms with van der Waals surface area (Å²) in [6, 6.07) is 0. The molecule has 0 amide bonds. The highest BCUT2D eigenvalue weighted by Gasteiger charge is 1.95. The first-order valence-corrected chi connectivity index (χ1v) is 6.26. The van der Waals surface area contributed by atoms with E-state index >= 15 is 0 Å². The summed E-state index contributed by atoms with van der Waals surface area (Å²) < 4.78 is 10.2. The van der Waals surface area contributed by atoms with Crippen LogP contribution in [-0.2, 0) is 14.0 Å². The molecule has 4 heteroatoms. The molecule has 0 saturated carbocycles. The Hall–Kier alpha value is -0.613. The number of rotatable bonds is 7. The zero-order valence-electron chi connectivity index (χ0n) is 8.41. The maximum absolute atomic E-state index is 10.8. The zero-order valence-corrected chi connectivity index (χ0v) is 9.83. The summed E-state index contributed by atoms with van der Waals surface area (Å²) in [6.07, 6.45) is 5.95. The van der Waals surface area contributed by atoms with E-state index in [1.807, 2.05) is 0 Å². The Bertz CT molecular complexity index is 157. The highest BCUT2D eigenvalue weighted by Crippen LogP contribution is 1.87. The van der Waals surface area contributed by atoms with Crippen molar-refractivity contribution in [3.63, 3.8) is 0 Å². The lowest BCUT2D eigenvalue weighted by Crippen LogP contribution is -2.12. The maximum atomic E-state index is 10.8. The Balaban J connectivity index is 3.11. The molecule has 0 unspecified atom stereocenters. The van der Waals surface area contributed by atoms with Crippen LogP contribution in [0.15, 0.2) is 12.2 Å². The molecule has 0 atom stereocenters. The largest absolute Gasteiger partial charge is 0.520 e. The van der Waals surface area contributed by atoms with Crippen molar-refractivity contribution < 1.29 is 14.0 Å². The number of unbranched alkanes of at least 4 members (excludes halogenated alkanes) is 1. The predicted octanol–water partition coefficient (Wildman–Crippen LogP) is 0.964. The average Bonchev–Trinajstić information content (AvgIpc) is 2.11. The number of ether oxygens (including phenoxy) is 1. The summed E-state index contributed by atoms with van der Waals surface area (Å²) in [5, 5.41) is 0. The fraction of sp³-hybridized carbons (Fsp3) is 0.667. The molecule has 0 bridgehead atoms. The van der Waals surface area contributed by atoms with Gasteiger partial charge in [-0.1, -0.05) is 19.4 Å². The molecule has 0 radical (unpaired) electrons. The van der Waals surface area contributed by atoms with Crippen LogP contribution < -0.4 is 0 Å². The number of carbonyl (C=O) groups excluding carboxylic acids is 1. The van der Waals surface area contributed by atoms with Gasteiger partial charge in [-0.15, -0.1) is 0 Å². The minimum absolute atomic E-state index is 0.242. The third kappa shape index (κ3) is 9.30. The molecule has 13 heavy (non-hydrogen) atoms. The van der Waals surface area contributed by atoms with E-state index in [0.717, 1.165) is 19.4 Å². The second-order valence-electron chi connectivity index (χ2n) is 2.63. The Morgan fingerprint density at radius 1 is 1.54 bits per heavy atom. The molecule has 0 spiro atoms. The lowest BCUT2D eigenvalue weighted by Gasteiger charge is -2.02. The Kier molecular flexibility index (Phi) is 9.03. The lowest BCUT2D eigenvalue weighted by molar-refractivity contribution is -0.129. The molecule has 0 saturated heterocycles. The molecule has 3 nitrogen and oxygen atoms in total. The van der Waals surface area contributed by atoms with Crippen LogP contribution in [-0.4, -0.2) is 28.6 Å². The summed E-state index contributed by atoms with van der Waals surface area (Å²) in [5.74, 6) is -0.242. The smallest absolute Gasteiger partial charge is 0.316 e. The van der Waals surface area contributed by atoms with E-state index < -0.39 is 9.76 Å². The van der Waals surface area contributed by atoms with Crippen molar-refractivity contribution in [3.05, 3.63) is 12.2 Å². The second-order valence-corrected chi connectivity index (χ2v) is 3.74. The van der Waals surface area contributed by atoms with Gasteiger partial charge >= 0.3 is 5.97 Å². The molecule has 0 aromatic rings. The van der Waals surface area contributed by atoms with Gasteiger partial charge in [0.1, 0.15) is 0 Å². The SMILES string of the molecule is CC=CC(=O)O[SiH2]COCCCC. The second kappa shape index (κ2) is 9.47. The Labute approximate surface area is 82.1 Å². The molecule has 0 heterocycles. The molecule has 76 valence electrons. The van der Waals surface area contributed by atoms with Crippen molar-refractivity contribution in [2.75, 3.05) is 12.8 Å². The van der Waals surface area contributed by atoms with Crippen molar-refractivity contribution in [2.45, 2.75) is 26.7 Å². The van der Waals surface area contributed by atoms with Gasteiger partial charge in [-0.2, -0.15) is 0 Å². The van der Waals surface area contributed by atoms with Crippen LogP contribution in [0.25, 0.3) is 0 Å². The van der Waals surface area contributed by atoms with Crippen LogP contribution in [0.2, 0.25) is 0 Å². The highest BCUT2D eigenvalue weighted by atomic mass is 28.2. The van der Waals surface area contributed by atoms with Gasteiger partial charge in [-0.3, -0.25) is 0 Å². The first-order valence-electron chi connectivity index (χ1n) is 4.68. The van der Waals surface area contributed by atoms with Crippen LogP contribution in [0.4, 0.5) is 0 Å². The number of hydrogen-bond donors (Lipinski definition) is 0. The van der Waals surface area contributed by atoms with Crippen molar-refractivity contribution in [1.29, 1.82) is 0 Å². The van der Waals surface area contributed by atoms with E-state index in [-0.39, 0.29) is 5.97 Å². The van der Waals surface area contributed by atoms with Gasteiger partial charge in [0.2, 0.25) is 9.76 Å². The van der Waals surface area contributed by atoms with E-state index in [2.05, 4.69) is 6.92 Å². The fourth-order valence-corrected chi connectivity index (χ4v) is 1.44. The van der Waals surface area contributed by atoms with Crippen LogP contribution in [0.5, 0.6) is 0 Å². The third-order valence-electron chi connectivity index (χ3n) is 1.42.